The lowest BCUT2D eigenvalue weighted by Crippen LogP contribution is -1.98. The Bertz CT molecular complexity index is 902. The van der Waals surface area contributed by atoms with Crippen LogP contribution >= 0.6 is 12.2 Å². The van der Waals surface area contributed by atoms with Crippen LogP contribution in [-0.2, 0) is 0 Å². The number of rotatable bonds is 3. The van der Waals surface area contributed by atoms with E-state index in [0.717, 1.165) is 0 Å². The SMILES string of the molecule is O=Nc1ccc(-c2n[nH]c(=S)n2-c2ccc(F)cc2)c(O)c1. The van der Waals surface area contributed by atoms with Crippen LogP contribution in [0.15, 0.2) is 47.6 Å². The van der Waals surface area contributed by atoms with Crippen LogP contribution in [-0.4, -0.2) is 19.9 Å². The number of nitrogens with one attached hydrogen (secondary N) is 1. The summed E-state index contributed by atoms with van der Waals surface area (Å²) in [6, 6.07) is 9.88. The van der Waals surface area contributed by atoms with Crippen molar-refractivity contribution in [1.29, 1.82) is 0 Å². The number of nitrogens with zero attached hydrogens (tertiary/aromatic N) is 3. The number of benzene rings is 2. The molecule has 0 saturated heterocycles. The van der Waals surface area contributed by atoms with Gasteiger partial charge in [0.2, 0.25) is 0 Å². The lowest BCUT2D eigenvalue weighted by Gasteiger charge is -2.08. The second kappa shape index (κ2) is 5.49. The van der Waals surface area contributed by atoms with Crippen LogP contribution in [0.25, 0.3) is 17.1 Å². The number of aromatic amines is 1. The van der Waals surface area contributed by atoms with Crippen molar-refractivity contribution in [3.05, 3.63) is 58.0 Å². The van der Waals surface area contributed by atoms with Crippen LogP contribution in [0.5, 0.6) is 5.75 Å². The first-order valence-electron chi connectivity index (χ1n) is 6.20. The van der Waals surface area contributed by atoms with Crippen molar-refractivity contribution < 1.29 is 9.50 Å². The third-order valence-electron chi connectivity index (χ3n) is 3.08. The second-order valence-corrected chi connectivity index (χ2v) is 4.84. The Morgan fingerprint density at radius 2 is 1.95 bits per heavy atom. The van der Waals surface area contributed by atoms with Gasteiger partial charge in [-0.1, -0.05) is 0 Å². The highest BCUT2D eigenvalue weighted by molar-refractivity contribution is 7.71. The lowest BCUT2D eigenvalue weighted by atomic mass is 10.1. The van der Waals surface area contributed by atoms with Gasteiger partial charge in [-0.2, -0.15) is 5.10 Å². The standard InChI is InChI=1S/C14H9FN4O2S/c15-8-1-4-10(5-2-8)19-13(16-17-14(19)22)11-6-3-9(18-21)7-12(11)20/h1-7,20H,(H,17,22). The van der Waals surface area contributed by atoms with Gasteiger partial charge in [0.25, 0.3) is 0 Å². The minimum absolute atomic E-state index is 0.101. The van der Waals surface area contributed by atoms with E-state index in [0.29, 0.717) is 21.8 Å². The number of phenolic OH excluding ortho intramolecular Hbond substituents is 1. The molecule has 2 aromatic carbocycles. The molecule has 0 aliphatic rings. The van der Waals surface area contributed by atoms with Gasteiger partial charge in [0.1, 0.15) is 17.3 Å². The quantitative estimate of drug-likeness (QED) is 0.568. The molecular weight excluding hydrogens is 307 g/mol. The molecule has 0 radical (unpaired) electrons. The fourth-order valence-electron chi connectivity index (χ4n) is 2.07. The Hall–Kier alpha value is -2.87. The van der Waals surface area contributed by atoms with Crippen LogP contribution in [0.2, 0.25) is 0 Å². The summed E-state index contributed by atoms with van der Waals surface area (Å²) in [6.07, 6.45) is 0. The van der Waals surface area contributed by atoms with Crippen LogP contribution in [0.3, 0.4) is 0 Å². The number of H-pyrrole nitrogens is 1. The van der Waals surface area contributed by atoms with E-state index in [1.165, 1.54) is 30.3 Å². The molecule has 0 aliphatic carbocycles. The van der Waals surface area contributed by atoms with Gasteiger partial charge >= 0.3 is 0 Å². The molecule has 8 heteroatoms. The van der Waals surface area contributed by atoms with E-state index < -0.39 is 0 Å². The molecule has 110 valence electrons. The zero-order valence-electron chi connectivity index (χ0n) is 11.0. The molecule has 6 nitrogen and oxygen atoms in total. The minimum atomic E-state index is -0.371. The number of aromatic hydroxyl groups is 1. The highest BCUT2D eigenvalue weighted by atomic mass is 32.1. The van der Waals surface area contributed by atoms with E-state index in [4.69, 9.17) is 12.2 Å². The van der Waals surface area contributed by atoms with Gasteiger partial charge in [-0.05, 0) is 53.8 Å². The molecule has 0 atom stereocenters. The first-order chi connectivity index (χ1) is 10.6. The highest BCUT2D eigenvalue weighted by Crippen LogP contribution is 2.32. The summed E-state index contributed by atoms with van der Waals surface area (Å²) in [7, 11) is 0. The predicted molar refractivity (Wildman–Crippen MR) is 81.3 cm³/mol. The van der Waals surface area contributed by atoms with Crippen LogP contribution in [0.4, 0.5) is 10.1 Å². The van der Waals surface area contributed by atoms with Crippen LogP contribution < -0.4 is 0 Å². The largest absolute Gasteiger partial charge is 0.507 e. The van der Waals surface area contributed by atoms with E-state index in [1.54, 1.807) is 16.7 Å². The number of halogens is 1. The molecule has 1 aromatic heterocycles. The third-order valence-corrected chi connectivity index (χ3v) is 3.36. The zero-order valence-corrected chi connectivity index (χ0v) is 11.8. The molecule has 0 aliphatic heterocycles. The number of nitroso groups, excluding NO2 is 1. The van der Waals surface area contributed by atoms with Gasteiger partial charge in [-0.15, -0.1) is 4.91 Å². The minimum Gasteiger partial charge on any atom is -0.507 e. The van der Waals surface area contributed by atoms with Crippen molar-refractivity contribution in [2.75, 3.05) is 0 Å². The van der Waals surface area contributed by atoms with Gasteiger partial charge in [0.15, 0.2) is 10.6 Å². The molecular formula is C14H9FN4O2S. The van der Waals surface area contributed by atoms with E-state index in [9.17, 15) is 14.4 Å². The first-order valence-corrected chi connectivity index (χ1v) is 6.61. The molecule has 3 aromatic rings. The molecule has 3 rings (SSSR count). The van der Waals surface area contributed by atoms with Crippen LogP contribution in [0, 0.1) is 15.5 Å². The average Bonchev–Trinajstić information content (AvgIpc) is 2.89. The number of phenols is 1. The molecule has 0 spiro atoms. The fraction of sp³-hybridized carbons (Fsp3) is 0. The maximum absolute atomic E-state index is 13.1. The molecule has 0 saturated carbocycles. The molecule has 2 N–H and O–H groups in total. The monoisotopic (exact) mass is 316 g/mol. The number of aromatic nitrogens is 3. The van der Waals surface area contributed by atoms with Gasteiger partial charge < -0.3 is 5.11 Å². The summed E-state index contributed by atoms with van der Waals surface area (Å²) in [5, 5.41) is 19.5. The molecule has 0 fully saturated rings. The first kappa shape index (κ1) is 14.1. The lowest BCUT2D eigenvalue weighted by molar-refractivity contribution is 0.477. The molecule has 22 heavy (non-hydrogen) atoms. The Morgan fingerprint density at radius 3 is 2.59 bits per heavy atom. The zero-order chi connectivity index (χ0) is 15.7. The van der Waals surface area contributed by atoms with Crippen molar-refractivity contribution in [3.8, 4) is 22.8 Å². The summed E-state index contributed by atoms with van der Waals surface area (Å²) in [5.74, 6) is -0.189. The van der Waals surface area contributed by atoms with E-state index in [2.05, 4.69) is 15.4 Å². The van der Waals surface area contributed by atoms with Gasteiger partial charge in [0.05, 0.1) is 11.3 Å². The number of hydrogen-bond donors (Lipinski definition) is 2. The van der Waals surface area contributed by atoms with Gasteiger partial charge in [-0.3, -0.25) is 9.67 Å². The normalized spacial score (nSPS) is 10.6. The Morgan fingerprint density at radius 1 is 1.23 bits per heavy atom. The average molecular weight is 316 g/mol. The van der Waals surface area contributed by atoms with Crippen molar-refractivity contribution in [3.63, 3.8) is 0 Å². The topological polar surface area (TPSA) is 83.3 Å². The molecule has 0 unspecified atom stereocenters. The van der Waals surface area contributed by atoms with Crippen molar-refractivity contribution in [2.24, 2.45) is 5.18 Å². The van der Waals surface area contributed by atoms with Gasteiger partial charge in [-0.25, -0.2) is 4.39 Å². The smallest absolute Gasteiger partial charge is 0.200 e. The third kappa shape index (κ3) is 2.40. The summed E-state index contributed by atoms with van der Waals surface area (Å²) >= 11 is 5.18. The van der Waals surface area contributed by atoms with E-state index >= 15 is 0 Å². The predicted octanol–water partition coefficient (Wildman–Crippen LogP) is 3.84. The van der Waals surface area contributed by atoms with Gasteiger partial charge in [0, 0.05) is 6.07 Å². The Labute approximate surface area is 128 Å². The maximum Gasteiger partial charge on any atom is 0.200 e. The molecule has 0 bridgehead atoms. The summed E-state index contributed by atoms with van der Waals surface area (Å²) < 4.78 is 14.9. The molecule has 1 heterocycles. The summed E-state index contributed by atoms with van der Waals surface area (Å²) in [4.78, 5) is 10.5. The van der Waals surface area contributed by atoms with Crippen LogP contribution in [0.1, 0.15) is 0 Å². The summed E-state index contributed by atoms with van der Waals surface area (Å²) in [5.41, 5.74) is 1.06. The Balaban J connectivity index is 2.19. The fourth-order valence-corrected chi connectivity index (χ4v) is 2.31. The van der Waals surface area contributed by atoms with E-state index in [-0.39, 0.29) is 17.3 Å². The number of hydrogen-bond acceptors (Lipinski definition) is 5. The van der Waals surface area contributed by atoms with Crippen molar-refractivity contribution in [2.45, 2.75) is 0 Å². The second-order valence-electron chi connectivity index (χ2n) is 4.46. The summed E-state index contributed by atoms with van der Waals surface area (Å²) in [6.45, 7) is 0. The van der Waals surface area contributed by atoms with Crippen molar-refractivity contribution >= 4 is 17.9 Å². The van der Waals surface area contributed by atoms with E-state index in [1.807, 2.05) is 0 Å². The highest BCUT2D eigenvalue weighted by Gasteiger charge is 2.15. The molecule has 0 amide bonds. The Kier molecular flexibility index (Phi) is 3.51. The van der Waals surface area contributed by atoms with Crippen molar-refractivity contribution in [1.82, 2.24) is 14.8 Å². The maximum atomic E-state index is 13.1.